The highest BCUT2D eigenvalue weighted by Gasteiger charge is 2.34. The largest absolute Gasteiger partial charge is 0.494 e. The molecule has 0 saturated heterocycles. The van der Waals surface area contributed by atoms with E-state index in [1.807, 2.05) is 31.2 Å². The number of aryl methyl sites for hydroxylation is 1. The highest BCUT2D eigenvalue weighted by Crippen LogP contribution is 2.42. The van der Waals surface area contributed by atoms with Crippen LogP contribution in [0, 0.1) is 0 Å². The number of fused-ring (bicyclic) bond motifs is 4. The number of pyridine rings is 1. The molecule has 0 fully saturated rings. The van der Waals surface area contributed by atoms with Gasteiger partial charge in [0.25, 0.3) is 5.56 Å². The summed E-state index contributed by atoms with van der Waals surface area (Å²) in [4.78, 5) is 43.8. The van der Waals surface area contributed by atoms with Crippen LogP contribution in [0.15, 0.2) is 58.1 Å². The molecule has 1 aliphatic rings. The van der Waals surface area contributed by atoms with Gasteiger partial charge in [0.05, 0.1) is 23.3 Å². The minimum Gasteiger partial charge on any atom is -0.494 e. The van der Waals surface area contributed by atoms with E-state index in [1.165, 1.54) is 11.6 Å². The highest BCUT2D eigenvalue weighted by atomic mass is 16.5. The lowest BCUT2D eigenvalue weighted by Crippen LogP contribution is -2.37. The van der Waals surface area contributed by atoms with E-state index < -0.39 is 11.2 Å². The number of carbonyl (C=O) groups is 1. The summed E-state index contributed by atoms with van der Waals surface area (Å²) in [5.74, 6) is 0.510. The minimum atomic E-state index is -0.485. The number of nitrogens with zero attached hydrogens (tertiary/aromatic N) is 3. The molecule has 2 aromatic carbocycles. The van der Waals surface area contributed by atoms with E-state index in [2.05, 4.69) is 4.98 Å². The van der Waals surface area contributed by atoms with Gasteiger partial charge in [0.2, 0.25) is 0 Å². The first-order valence-electron chi connectivity index (χ1n) is 9.95. The van der Waals surface area contributed by atoms with Crippen molar-refractivity contribution in [2.24, 2.45) is 14.1 Å². The molecular weight excluding hydrogens is 394 g/mol. The molecule has 0 bridgehead atoms. The SMILES string of the molecule is CCOc1ccc(-c2c3c(nc4c2c(=O)n(C)c(=O)n4C)-c2ccccc2C3=O)cc1. The van der Waals surface area contributed by atoms with Gasteiger partial charge in [-0.15, -0.1) is 0 Å². The zero-order valence-electron chi connectivity index (χ0n) is 17.3. The second kappa shape index (κ2) is 6.77. The predicted molar refractivity (Wildman–Crippen MR) is 118 cm³/mol. The first kappa shape index (κ1) is 19.0. The third-order valence-corrected chi connectivity index (χ3v) is 5.70. The van der Waals surface area contributed by atoms with Gasteiger partial charge in [0.15, 0.2) is 11.4 Å². The van der Waals surface area contributed by atoms with Crippen molar-refractivity contribution in [2.45, 2.75) is 6.92 Å². The number of hydrogen-bond acceptors (Lipinski definition) is 5. The molecule has 5 rings (SSSR count). The van der Waals surface area contributed by atoms with Crippen LogP contribution in [0.3, 0.4) is 0 Å². The fourth-order valence-electron chi connectivity index (χ4n) is 4.20. The molecule has 0 spiro atoms. The summed E-state index contributed by atoms with van der Waals surface area (Å²) in [5, 5.41) is 0.244. The van der Waals surface area contributed by atoms with Gasteiger partial charge in [-0.05, 0) is 24.6 Å². The topological polar surface area (TPSA) is 83.2 Å². The highest BCUT2D eigenvalue weighted by molar-refractivity contribution is 6.26. The molecule has 0 unspecified atom stereocenters. The van der Waals surface area contributed by atoms with Crippen LogP contribution in [0.5, 0.6) is 5.75 Å². The smallest absolute Gasteiger partial charge is 0.332 e. The van der Waals surface area contributed by atoms with E-state index >= 15 is 0 Å². The van der Waals surface area contributed by atoms with Crippen molar-refractivity contribution in [1.29, 1.82) is 0 Å². The van der Waals surface area contributed by atoms with Gasteiger partial charge in [-0.25, -0.2) is 9.78 Å². The average molecular weight is 413 g/mol. The average Bonchev–Trinajstić information content (AvgIpc) is 3.08. The van der Waals surface area contributed by atoms with Crippen molar-refractivity contribution in [2.75, 3.05) is 6.61 Å². The second-order valence-electron chi connectivity index (χ2n) is 7.45. The van der Waals surface area contributed by atoms with Crippen molar-refractivity contribution < 1.29 is 9.53 Å². The van der Waals surface area contributed by atoms with Crippen LogP contribution in [0.4, 0.5) is 0 Å². The number of ketones is 1. The monoisotopic (exact) mass is 413 g/mol. The van der Waals surface area contributed by atoms with Crippen LogP contribution < -0.4 is 16.0 Å². The van der Waals surface area contributed by atoms with Crippen molar-refractivity contribution in [3.05, 3.63) is 80.5 Å². The van der Waals surface area contributed by atoms with E-state index in [1.54, 1.807) is 31.3 Å². The molecule has 0 saturated carbocycles. The lowest BCUT2D eigenvalue weighted by atomic mass is 9.95. The Labute approximate surface area is 177 Å². The molecule has 2 heterocycles. The van der Waals surface area contributed by atoms with Crippen molar-refractivity contribution >= 4 is 16.8 Å². The number of carbonyl (C=O) groups excluding carboxylic acids is 1. The summed E-state index contributed by atoms with van der Waals surface area (Å²) >= 11 is 0. The van der Waals surface area contributed by atoms with E-state index in [9.17, 15) is 14.4 Å². The van der Waals surface area contributed by atoms with Crippen molar-refractivity contribution in [3.63, 3.8) is 0 Å². The molecule has 0 radical (unpaired) electrons. The lowest BCUT2D eigenvalue weighted by molar-refractivity contribution is 0.104. The van der Waals surface area contributed by atoms with E-state index in [-0.39, 0.29) is 16.8 Å². The second-order valence-corrected chi connectivity index (χ2v) is 7.45. The van der Waals surface area contributed by atoms with Crippen LogP contribution in [0.1, 0.15) is 22.8 Å². The van der Waals surface area contributed by atoms with E-state index in [0.717, 1.165) is 4.57 Å². The Bertz CT molecular complexity index is 1510. The molecule has 7 heteroatoms. The van der Waals surface area contributed by atoms with Gasteiger partial charge >= 0.3 is 5.69 Å². The van der Waals surface area contributed by atoms with Crippen molar-refractivity contribution in [3.8, 4) is 28.1 Å². The Kier molecular flexibility index (Phi) is 4.15. The van der Waals surface area contributed by atoms with Crippen LogP contribution in [0.2, 0.25) is 0 Å². The normalized spacial score (nSPS) is 12.2. The molecule has 0 amide bonds. The number of rotatable bonds is 3. The number of hydrogen-bond donors (Lipinski definition) is 0. The Morgan fingerprint density at radius 2 is 1.55 bits per heavy atom. The Hall–Kier alpha value is -4.00. The third kappa shape index (κ3) is 2.59. The van der Waals surface area contributed by atoms with E-state index in [0.29, 0.717) is 45.9 Å². The Morgan fingerprint density at radius 3 is 2.23 bits per heavy atom. The summed E-state index contributed by atoms with van der Waals surface area (Å²) in [6.07, 6.45) is 0. The number of ether oxygens (including phenoxy) is 1. The molecule has 31 heavy (non-hydrogen) atoms. The van der Waals surface area contributed by atoms with Gasteiger partial charge in [-0.2, -0.15) is 0 Å². The standard InChI is InChI=1S/C24H19N3O4/c1-4-31-14-11-9-13(10-12-14)17-18-20(15-7-5-6-8-16(15)21(18)28)25-22-19(17)23(29)27(3)24(30)26(22)2/h5-12H,4H2,1-3H3. The van der Waals surface area contributed by atoms with Crippen LogP contribution in [-0.2, 0) is 14.1 Å². The maximum Gasteiger partial charge on any atom is 0.332 e. The molecule has 0 N–H and O–H groups in total. The minimum absolute atomic E-state index is 0.181. The van der Waals surface area contributed by atoms with Gasteiger partial charge in [-0.1, -0.05) is 36.4 Å². The van der Waals surface area contributed by atoms with Crippen LogP contribution in [0.25, 0.3) is 33.4 Å². The van der Waals surface area contributed by atoms with Crippen LogP contribution in [-0.4, -0.2) is 26.5 Å². The fourth-order valence-corrected chi connectivity index (χ4v) is 4.20. The first-order chi connectivity index (χ1) is 14.9. The molecule has 1 aliphatic carbocycles. The maximum atomic E-state index is 13.4. The summed E-state index contributed by atoms with van der Waals surface area (Å²) in [5.41, 5.74) is 2.57. The number of benzene rings is 2. The summed E-state index contributed by atoms with van der Waals surface area (Å²) in [6.45, 7) is 2.43. The summed E-state index contributed by atoms with van der Waals surface area (Å²) in [6, 6.07) is 14.5. The van der Waals surface area contributed by atoms with E-state index in [4.69, 9.17) is 4.74 Å². The third-order valence-electron chi connectivity index (χ3n) is 5.70. The zero-order valence-corrected chi connectivity index (χ0v) is 17.3. The quantitative estimate of drug-likeness (QED) is 0.454. The molecule has 0 aliphatic heterocycles. The van der Waals surface area contributed by atoms with Gasteiger partial charge in [0, 0.05) is 30.8 Å². The molecule has 7 nitrogen and oxygen atoms in total. The predicted octanol–water partition coefficient (Wildman–Crippen LogP) is 2.91. The summed E-state index contributed by atoms with van der Waals surface area (Å²) < 4.78 is 7.93. The van der Waals surface area contributed by atoms with Gasteiger partial charge < -0.3 is 4.74 Å². The maximum absolute atomic E-state index is 13.4. The molecule has 2 aromatic heterocycles. The number of aromatic nitrogens is 3. The van der Waals surface area contributed by atoms with Crippen molar-refractivity contribution in [1.82, 2.24) is 14.1 Å². The molecular formula is C24H19N3O4. The Balaban J connectivity index is 1.97. The van der Waals surface area contributed by atoms with Gasteiger partial charge in [-0.3, -0.25) is 18.7 Å². The molecule has 0 atom stereocenters. The molecule has 4 aromatic rings. The van der Waals surface area contributed by atoms with Gasteiger partial charge in [0.1, 0.15) is 5.75 Å². The van der Waals surface area contributed by atoms with Crippen LogP contribution >= 0.6 is 0 Å². The zero-order chi connectivity index (χ0) is 21.9. The molecule has 154 valence electrons. The fraction of sp³-hybridized carbons (Fsp3) is 0.167. The summed E-state index contributed by atoms with van der Waals surface area (Å²) in [7, 11) is 3.00. The first-order valence-corrected chi connectivity index (χ1v) is 9.95. The Morgan fingerprint density at radius 1 is 0.871 bits per heavy atom. The lowest BCUT2D eigenvalue weighted by Gasteiger charge is -2.15.